The fraction of sp³-hybridized carbons (Fsp3) is 0.143. The Morgan fingerprint density at radius 3 is 1.67 bits per heavy atom. The highest BCUT2D eigenvalue weighted by atomic mass is 19.4. The lowest BCUT2D eigenvalue weighted by atomic mass is 10.3. The minimum Gasteiger partial charge on any atom is -0.225 e. The lowest BCUT2D eigenvalue weighted by Crippen LogP contribution is -1.77. The van der Waals surface area contributed by atoms with Crippen LogP contribution in [0.1, 0.15) is 0 Å². The smallest absolute Gasteiger partial charge is 0.225 e. The average molecular weight is 181 g/mol. The third-order valence-electron chi connectivity index (χ3n) is 0.883. The zero-order valence-electron chi connectivity index (χ0n) is 5.98. The van der Waals surface area contributed by atoms with Gasteiger partial charge in [-0.15, -0.1) is 4.48 Å². The van der Waals surface area contributed by atoms with Crippen molar-refractivity contribution < 1.29 is 17.7 Å². The van der Waals surface area contributed by atoms with Gasteiger partial charge in [-0.2, -0.15) is 13.2 Å². The molecule has 0 aliphatic heterocycles. The topological polar surface area (TPSA) is 12.0 Å². The molecule has 0 aliphatic carbocycles. The molecular formula is C7H7F4N. The molecule has 1 N–H and O–H groups in total. The quantitative estimate of drug-likeness (QED) is 0.518. The van der Waals surface area contributed by atoms with Gasteiger partial charge in [0.1, 0.15) is 0 Å². The highest BCUT2D eigenvalue weighted by molar-refractivity contribution is 5.39. The zero-order valence-corrected chi connectivity index (χ0v) is 5.98. The van der Waals surface area contributed by atoms with E-state index in [1.54, 1.807) is 24.3 Å². The summed E-state index contributed by atoms with van der Waals surface area (Å²) < 4.78 is 40.5. The molecule has 68 valence electrons. The third-order valence-corrected chi connectivity index (χ3v) is 0.883. The van der Waals surface area contributed by atoms with E-state index in [-0.39, 0.29) is 0 Å². The maximum absolute atomic E-state index is 11.5. The van der Waals surface area contributed by atoms with Crippen molar-refractivity contribution in [1.29, 1.82) is 0 Å². The molecule has 0 heterocycles. The second-order valence-corrected chi connectivity index (χ2v) is 1.71. The molecule has 12 heavy (non-hydrogen) atoms. The van der Waals surface area contributed by atoms with Crippen LogP contribution in [-0.2, 0) is 0 Å². The molecule has 0 amide bonds. The first-order valence-corrected chi connectivity index (χ1v) is 3.00. The summed E-state index contributed by atoms with van der Waals surface area (Å²) >= 11 is 0. The first-order valence-electron chi connectivity index (χ1n) is 3.00. The lowest BCUT2D eigenvalue weighted by molar-refractivity contribution is 0.00819. The molecule has 1 aromatic carbocycles. The Morgan fingerprint density at radius 2 is 1.42 bits per heavy atom. The molecule has 0 aliphatic rings. The van der Waals surface area contributed by atoms with Crippen LogP contribution in [0.25, 0.3) is 0 Å². The molecule has 0 unspecified atom stereocenters. The van der Waals surface area contributed by atoms with Gasteiger partial charge in [-0.05, 0) is 12.1 Å². The van der Waals surface area contributed by atoms with Gasteiger partial charge < -0.3 is 0 Å². The number of rotatable bonds is 1. The Bertz CT molecular complexity index is 187. The van der Waals surface area contributed by atoms with Crippen LogP contribution in [-0.4, -0.2) is 6.68 Å². The first-order chi connectivity index (χ1) is 5.66. The van der Waals surface area contributed by atoms with Crippen molar-refractivity contribution in [3.05, 3.63) is 30.3 Å². The number of nitrogens with one attached hydrogen (secondary N) is 1. The highest BCUT2D eigenvalue weighted by Gasteiger charge is 1.86. The lowest BCUT2D eigenvalue weighted by Gasteiger charge is -1.89. The van der Waals surface area contributed by atoms with Crippen LogP contribution in [0.15, 0.2) is 30.3 Å². The van der Waals surface area contributed by atoms with E-state index in [2.05, 4.69) is 0 Å². The molecule has 1 aromatic rings. The van der Waals surface area contributed by atoms with Gasteiger partial charge in [-0.3, -0.25) is 0 Å². The van der Waals surface area contributed by atoms with Crippen LogP contribution in [0.5, 0.6) is 0 Å². The number of hydrogen-bond acceptors (Lipinski definition) is 1. The molecular weight excluding hydrogens is 174 g/mol. The van der Waals surface area contributed by atoms with Gasteiger partial charge >= 0.3 is 6.68 Å². The molecule has 0 atom stereocenters. The van der Waals surface area contributed by atoms with E-state index in [9.17, 15) is 17.7 Å². The molecule has 0 saturated carbocycles. The van der Waals surface area contributed by atoms with E-state index in [0.717, 1.165) is 0 Å². The van der Waals surface area contributed by atoms with Gasteiger partial charge in [0.05, 0.1) is 5.69 Å². The summed E-state index contributed by atoms with van der Waals surface area (Å²) in [6.45, 7) is -3.67. The van der Waals surface area contributed by atoms with Crippen LogP contribution >= 0.6 is 0 Å². The predicted molar refractivity (Wildman–Crippen MR) is 38.3 cm³/mol. The van der Waals surface area contributed by atoms with Gasteiger partial charge in [0.15, 0.2) is 0 Å². The summed E-state index contributed by atoms with van der Waals surface area (Å²) in [5, 5.41) is 0. The highest BCUT2D eigenvalue weighted by Crippen LogP contribution is 2.03. The molecule has 1 rings (SSSR count). The molecule has 0 aromatic heterocycles. The van der Waals surface area contributed by atoms with E-state index in [0.29, 0.717) is 5.69 Å². The standard InChI is InChI=1S/C6H6FN.CHF3/c7-8-6-4-2-1-3-5-6;2-1(3)4/h1-5,8H;1H. The van der Waals surface area contributed by atoms with Gasteiger partial charge in [0.25, 0.3) is 0 Å². The van der Waals surface area contributed by atoms with Gasteiger partial charge in [0.2, 0.25) is 0 Å². The molecule has 1 nitrogen and oxygen atoms in total. The Hall–Kier alpha value is -1.26. The van der Waals surface area contributed by atoms with E-state index >= 15 is 0 Å². The number of benzene rings is 1. The van der Waals surface area contributed by atoms with Crippen LogP contribution in [0, 0.1) is 0 Å². The summed E-state index contributed by atoms with van der Waals surface area (Å²) in [6, 6.07) is 8.67. The monoisotopic (exact) mass is 181 g/mol. The number of hydrogen-bond donors (Lipinski definition) is 1. The molecule has 0 spiro atoms. The van der Waals surface area contributed by atoms with Gasteiger partial charge in [0, 0.05) is 0 Å². The van der Waals surface area contributed by atoms with Crippen molar-refractivity contribution >= 4 is 5.69 Å². The van der Waals surface area contributed by atoms with Crippen molar-refractivity contribution in [3.8, 4) is 0 Å². The first kappa shape index (κ1) is 10.7. The average Bonchev–Trinajstić information content (AvgIpc) is 2.05. The predicted octanol–water partition coefficient (Wildman–Crippen LogP) is 3.16. The second kappa shape index (κ2) is 6.45. The molecule has 0 fully saturated rings. The maximum Gasteiger partial charge on any atom is 0.379 e. The molecule has 5 heteroatoms. The van der Waals surface area contributed by atoms with Gasteiger partial charge in [-0.25, -0.2) is 5.54 Å². The molecule has 0 radical (unpaired) electrons. The van der Waals surface area contributed by atoms with Crippen LogP contribution in [0.4, 0.5) is 23.3 Å². The van der Waals surface area contributed by atoms with E-state index < -0.39 is 6.68 Å². The fourth-order valence-electron chi connectivity index (χ4n) is 0.501. The Kier molecular flexibility index (Phi) is 5.77. The van der Waals surface area contributed by atoms with E-state index in [1.807, 2.05) is 6.07 Å². The molecule has 0 saturated heterocycles. The molecule has 0 bridgehead atoms. The SMILES string of the molecule is FC(F)F.FNc1ccccc1. The van der Waals surface area contributed by atoms with Crippen molar-refractivity contribution in [3.63, 3.8) is 0 Å². The normalized spacial score (nSPS) is 8.75. The van der Waals surface area contributed by atoms with Crippen LogP contribution < -0.4 is 5.54 Å². The largest absolute Gasteiger partial charge is 0.379 e. The third kappa shape index (κ3) is 6.85. The van der Waals surface area contributed by atoms with E-state index in [4.69, 9.17) is 0 Å². The number of anilines is 1. The van der Waals surface area contributed by atoms with E-state index in [1.165, 1.54) is 5.54 Å². The summed E-state index contributed by atoms with van der Waals surface area (Å²) in [5.41, 5.74) is 2.02. The summed E-state index contributed by atoms with van der Waals surface area (Å²) in [6.07, 6.45) is 0. The number of halogens is 4. The Balaban J connectivity index is 0.000000261. The van der Waals surface area contributed by atoms with Gasteiger partial charge in [-0.1, -0.05) is 18.2 Å². The number of alkyl halides is 3. The Morgan fingerprint density at radius 1 is 1.00 bits per heavy atom. The Labute approximate surface area is 66.9 Å². The van der Waals surface area contributed by atoms with Crippen LogP contribution in [0.3, 0.4) is 0 Å². The van der Waals surface area contributed by atoms with Crippen LogP contribution in [0.2, 0.25) is 0 Å². The summed E-state index contributed by atoms with van der Waals surface area (Å²) in [7, 11) is 0. The zero-order chi connectivity index (χ0) is 9.40. The minimum atomic E-state index is -3.67. The maximum atomic E-state index is 11.5. The summed E-state index contributed by atoms with van der Waals surface area (Å²) in [4.78, 5) is 0. The van der Waals surface area contributed by atoms with Crippen molar-refractivity contribution in [2.75, 3.05) is 5.54 Å². The summed E-state index contributed by atoms with van der Waals surface area (Å²) in [5.74, 6) is 0. The van der Waals surface area contributed by atoms with Crippen molar-refractivity contribution in [2.24, 2.45) is 0 Å². The van der Waals surface area contributed by atoms with Crippen molar-refractivity contribution in [2.45, 2.75) is 6.68 Å². The fourth-order valence-corrected chi connectivity index (χ4v) is 0.501. The second-order valence-electron chi connectivity index (χ2n) is 1.71. The van der Waals surface area contributed by atoms with Crippen molar-refractivity contribution in [1.82, 2.24) is 0 Å². The number of para-hydroxylation sites is 1. The minimum absolute atomic E-state index is 0.493.